The van der Waals surface area contributed by atoms with E-state index in [1.54, 1.807) is 11.9 Å². The topological polar surface area (TPSA) is 57.7 Å². The molecule has 0 spiro atoms. The zero-order valence-electron chi connectivity index (χ0n) is 14.0. The van der Waals surface area contributed by atoms with Crippen molar-refractivity contribution in [3.8, 4) is 0 Å². The molecule has 1 unspecified atom stereocenters. The average Bonchev–Trinajstić information content (AvgIpc) is 3.26. The van der Waals surface area contributed by atoms with Crippen molar-refractivity contribution in [1.82, 2.24) is 9.21 Å². The first kappa shape index (κ1) is 17.7. The van der Waals surface area contributed by atoms with Crippen LogP contribution in [0.5, 0.6) is 0 Å². The van der Waals surface area contributed by atoms with Gasteiger partial charge in [0.1, 0.15) is 0 Å². The van der Waals surface area contributed by atoms with Crippen LogP contribution in [0.25, 0.3) is 0 Å². The van der Waals surface area contributed by atoms with E-state index in [9.17, 15) is 13.2 Å². The maximum atomic E-state index is 12.8. The molecule has 3 rings (SSSR count). The van der Waals surface area contributed by atoms with Crippen molar-refractivity contribution in [1.29, 1.82) is 0 Å². The Balaban J connectivity index is 1.89. The van der Waals surface area contributed by atoms with Crippen LogP contribution in [0.15, 0.2) is 23.1 Å². The minimum absolute atomic E-state index is 0.132. The second kappa shape index (κ2) is 6.65. The third-order valence-electron chi connectivity index (χ3n) is 5.11. The van der Waals surface area contributed by atoms with Gasteiger partial charge in [-0.1, -0.05) is 11.6 Å². The zero-order valence-corrected chi connectivity index (χ0v) is 15.6. The van der Waals surface area contributed by atoms with Gasteiger partial charge in [-0.15, -0.1) is 0 Å². The molecule has 1 aromatic rings. The Kier molecular flexibility index (Phi) is 4.91. The smallest absolute Gasteiger partial charge is 0.255 e. The Morgan fingerprint density at radius 3 is 2.50 bits per heavy atom. The van der Waals surface area contributed by atoms with Crippen LogP contribution in [0, 0.1) is 5.92 Å². The van der Waals surface area contributed by atoms with E-state index >= 15 is 0 Å². The number of hydrogen-bond acceptors (Lipinski definition) is 3. The summed E-state index contributed by atoms with van der Waals surface area (Å²) >= 11 is 6.19. The molecular weight excluding hydrogens is 348 g/mol. The van der Waals surface area contributed by atoms with Crippen LogP contribution >= 0.6 is 11.6 Å². The highest BCUT2D eigenvalue weighted by molar-refractivity contribution is 7.89. The molecule has 2 fully saturated rings. The molecule has 1 aliphatic carbocycles. The molecule has 1 saturated carbocycles. The van der Waals surface area contributed by atoms with E-state index in [0.717, 1.165) is 25.7 Å². The lowest BCUT2D eigenvalue weighted by Gasteiger charge is -2.25. The third-order valence-corrected chi connectivity index (χ3v) is 7.33. The van der Waals surface area contributed by atoms with E-state index < -0.39 is 10.0 Å². The molecule has 2 aliphatic rings. The first-order chi connectivity index (χ1) is 11.3. The summed E-state index contributed by atoms with van der Waals surface area (Å²) in [7, 11) is -1.80. The minimum atomic E-state index is -3.56. The molecule has 1 amide bonds. The molecule has 1 heterocycles. The maximum absolute atomic E-state index is 12.8. The van der Waals surface area contributed by atoms with Crippen molar-refractivity contribution >= 4 is 27.5 Å². The number of amides is 1. The van der Waals surface area contributed by atoms with E-state index in [1.165, 1.54) is 22.5 Å². The SMILES string of the molecule is CC(C1CC1)N(C)C(=O)c1cc(S(=O)(=O)N2CCCC2)ccc1Cl. The van der Waals surface area contributed by atoms with E-state index in [4.69, 9.17) is 11.6 Å². The van der Waals surface area contributed by atoms with Crippen molar-refractivity contribution in [2.75, 3.05) is 20.1 Å². The summed E-state index contributed by atoms with van der Waals surface area (Å²) in [4.78, 5) is 14.6. The number of sulfonamides is 1. The fourth-order valence-corrected chi connectivity index (χ4v) is 4.92. The molecule has 1 aliphatic heterocycles. The quantitative estimate of drug-likeness (QED) is 0.800. The van der Waals surface area contributed by atoms with Crippen molar-refractivity contribution in [3.63, 3.8) is 0 Å². The highest BCUT2D eigenvalue weighted by atomic mass is 35.5. The average molecular weight is 371 g/mol. The fourth-order valence-electron chi connectivity index (χ4n) is 3.18. The van der Waals surface area contributed by atoms with E-state index in [-0.39, 0.29) is 27.4 Å². The Morgan fingerprint density at radius 2 is 1.92 bits per heavy atom. The van der Waals surface area contributed by atoms with Crippen LogP contribution in [-0.4, -0.2) is 49.7 Å². The van der Waals surface area contributed by atoms with Gasteiger partial charge in [-0.2, -0.15) is 4.31 Å². The van der Waals surface area contributed by atoms with Crippen LogP contribution in [0.1, 0.15) is 43.0 Å². The summed E-state index contributed by atoms with van der Waals surface area (Å²) in [6.45, 7) is 3.09. The lowest BCUT2D eigenvalue weighted by atomic mass is 10.1. The van der Waals surface area contributed by atoms with E-state index in [2.05, 4.69) is 0 Å². The predicted molar refractivity (Wildman–Crippen MR) is 93.7 cm³/mol. The van der Waals surface area contributed by atoms with Gasteiger partial charge in [0.25, 0.3) is 5.91 Å². The third kappa shape index (κ3) is 3.32. The van der Waals surface area contributed by atoms with Gasteiger partial charge in [-0.25, -0.2) is 8.42 Å². The Morgan fingerprint density at radius 1 is 1.29 bits per heavy atom. The molecule has 7 heteroatoms. The molecule has 0 radical (unpaired) electrons. The predicted octanol–water partition coefficient (Wildman–Crippen LogP) is 3.00. The fraction of sp³-hybridized carbons (Fsp3) is 0.588. The molecule has 1 atom stereocenters. The van der Waals surface area contributed by atoms with Gasteiger partial charge >= 0.3 is 0 Å². The Labute approximate surface area is 148 Å². The normalized spacial score (nSPS) is 20.1. The maximum Gasteiger partial charge on any atom is 0.255 e. The second-order valence-electron chi connectivity index (χ2n) is 6.75. The summed E-state index contributed by atoms with van der Waals surface area (Å²) < 4.78 is 26.9. The number of halogens is 1. The largest absolute Gasteiger partial charge is 0.339 e. The van der Waals surface area contributed by atoms with Gasteiger partial charge in [0.2, 0.25) is 10.0 Å². The van der Waals surface area contributed by atoms with E-state index in [1.807, 2.05) is 6.92 Å². The van der Waals surface area contributed by atoms with Crippen LogP contribution < -0.4 is 0 Å². The van der Waals surface area contributed by atoms with Crippen LogP contribution in [0.4, 0.5) is 0 Å². The Hall–Kier alpha value is -1.11. The molecule has 132 valence electrons. The molecular formula is C17H23ClN2O3S. The van der Waals surface area contributed by atoms with Crippen molar-refractivity contribution in [2.24, 2.45) is 5.92 Å². The standard InChI is InChI=1S/C17H23ClN2O3S/c1-12(13-5-6-13)19(2)17(21)15-11-14(7-8-16(15)18)24(22,23)20-9-3-4-10-20/h7-8,11-13H,3-6,9-10H2,1-2H3. The summed E-state index contributed by atoms with van der Waals surface area (Å²) in [5.41, 5.74) is 0.256. The number of benzene rings is 1. The lowest BCUT2D eigenvalue weighted by Crippen LogP contribution is -2.36. The van der Waals surface area contributed by atoms with Crippen LogP contribution in [0.3, 0.4) is 0 Å². The van der Waals surface area contributed by atoms with Crippen molar-refractivity contribution in [3.05, 3.63) is 28.8 Å². The van der Waals surface area contributed by atoms with Crippen LogP contribution in [-0.2, 0) is 10.0 Å². The molecule has 5 nitrogen and oxygen atoms in total. The number of nitrogens with zero attached hydrogens (tertiary/aromatic N) is 2. The molecule has 0 aromatic heterocycles. The highest BCUT2D eigenvalue weighted by Gasteiger charge is 2.34. The lowest BCUT2D eigenvalue weighted by molar-refractivity contribution is 0.0727. The molecule has 0 bridgehead atoms. The first-order valence-electron chi connectivity index (χ1n) is 8.39. The molecule has 0 N–H and O–H groups in total. The number of rotatable bonds is 5. The van der Waals surface area contributed by atoms with Gasteiger partial charge < -0.3 is 4.90 Å². The zero-order chi connectivity index (χ0) is 17.5. The minimum Gasteiger partial charge on any atom is -0.339 e. The van der Waals surface area contributed by atoms with Gasteiger partial charge in [0, 0.05) is 26.2 Å². The van der Waals surface area contributed by atoms with Gasteiger partial charge in [-0.05, 0) is 56.7 Å². The van der Waals surface area contributed by atoms with E-state index in [0.29, 0.717) is 19.0 Å². The van der Waals surface area contributed by atoms with Gasteiger partial charge in [-0.3, -0.25) is 4.79 Å². The summed E-state index contributed by atoms with van der Waals surface area (Å²) in [5, 5.41) is 0.287. The first-order valence-corrected chi connectivity index (χ1v) is 10.2. The summed E-state index contributed by atoms with van der Waals surface area (Å²) in [5.74, 6) is 0.312. The number of carbonyl (C=O) groups is 1. The monoisotopic (exact) mass is 370 g/mol. The Bertz CT molecular complexity index is 740. The van der Waals surface area contributed by atoms with Crippen LogP contribution in [0.2, 0.25) is 5.02 Å². The molecule has 24 heavy (non-hydrogen) atoms. The van der Waals surface area contributed by atoms with Gasteiger partial charge in [0.15, 0.2) is 0 Å². The van der Waals surface area contributed by atoms with Crippen molar-refractivity contribution in [2.45, 2.75) is 43.5 Å². The highest BCUT2D eigenvalue weighted by Crippen LogP contribution is 2.35. The molecule has 1 aromatic carbocycles. The summed E-state index contributed by atoms with van der Waals surface area (Å²) in [6.07, 6.45) is 4.02. The number of carbonyl (C=O) groups excluding carboxylic acids is 1. The van der Waals surface area contributed by atoms with Gasteiger partial charge in [0.05, 0.1) is 15.5 Å². The molecule has 1 saturated heterocycles. The number of hydrogen-bond donors (Lipinski definition) is 0. The van der Waals surface area contributed by atoms with Crippen molar-refractivity contribution < 1.29 is 13.2 Å². The second-order valence-corrected chi connectivity index (χ2v) is 9.09. The summed E-state index contributed by atoms with van der Waals surface area (Å²) in [6, 6.07) is 4.55.